The zero-order valence-corrected chi connectivity index (χ0v) is 15.2. The van der Waals surface area contributed by atoms with Gasteiger partial charge in [0.25, 0.3) is 0 Å². The number of piperidine rings is 1. The summed E-state index contributed by atoms with van der Waals surface area (Å²) >= 11 is 0. The molecule has 2 aliphatic heterocycles. The third-order valence-electron chi connectivity index (χ3n) is 5.48. The first-order chi connectivity index (χ1) is 11.9. The van der Waals surface area contributed by atoms with Crippen molar-refractivity contribution in [3.8, 4) is 11.3 Å². The van der Waals surface area contributed by atoms with Crippen LogP contribution >= 0.6 is 0 Å². The molecular formula is C18H23N3O3S. The lowest BCUT2D eigenvalue weighted by molar-refractivity contribution is 0.0341. The highest BCUT2D eigenvalue weighted by molar-refractivity contribution is 7.89. The van der Waals surface area contributed by atoms with Gasteiger partial charge in [-0.1, -0.05) is 24.3 Å². The maximum absolute atomic E-state index is 12.4. The number of β-amino-alcohol motifs (C(OH)–C–C–N with tert-alkyl or cyclic N) is 1. The molecule has 4 rings (SSSR count). The topological polar surface area (TPSA) is 75.4 Å². The van der Waals surface area contributed by atoms with Crippen LogP contribution in [0.2, 0.25) is 0 Å². The number of benzene rings is 1. The van der Waals surface area contributed by atoms with E-state index in [0.29, 0.717) is 13.0 Å². The Morgan fingerprint density at radius 2 is 2.04 bits per heavy atom. The van der Waals surface area contributed by atoms with Crippen molar-refractivity contribution in [2.24, 2.45) is 5.92 Å². The zero-order valence-electron chi connectivity index (χ0n) is 14.4. The monoisotopic (exact) mass is 361 g/mol. The molecule has 1 fully saturated rings. The fourth-order valence-electron chi connectivity index (χ4n) is 4.13. The molecule has 0 saturated carbocycles. The van der Waals surface area contributed by atoms with Gasteiger partial charge in [0.05, 0.1) is 35.6 Å². The largest absolute Gasteiger partial charge is 0.391 e. The summed E-state index contributed by atoms with van der Waals surface area (Å²) in [7, 11) is -3.34. The predicted octanol–water partition coefficient (Wildman–Crippen LogP) is 1.87. The highest BCUT2D eigenvalue weighted by Crippen LogP contribution is 2.45. The smallest absolute Gasteiger partial charge is 0.216 e. The molecule has 0 spiro atoms. The molecule has 3 atom stereocenters. The van der Waals surface area contributed by atoms with E-state index >= 15 is 0 Å². The normalized spacial score (nSPS) is 26.6. The number of hydrogen-bond acceptors (Lipinski definition) is 4. The summed E-state index contributed by atoms with van der Waals surface area (Å²) in [6.07, 6.45) is 3.59. The number of rotatable bonds is 3. The minimum absolute atomic E-state index is 0.00704. The van der Waals surface area contributed by atoms with E-state index < -0.39 is 21.4 Å². The Balaban J connectivity index is 1.65. The van der Waals surface area contributed by atoms with Crippen LogP contribution in [0.3, 0.4) is 0 Å². The molecule has 7 heteroatoms. The molecule has 1 N–H and O–H groups in total. The Labute approximate surface area is 148 Å². The number of fused-ring (bicyclic) bond motifs is 3. The van der Waals surface area contributed by atoms with Gasteiger partial charge >= 0.3 is 0 Å². The first kappa shape index (κ1) is 16.8. The number of aromatic nitrogens is 2. The van der Waals surface area contributed by atoms with Gasteiger partial charge in [-0.15, -0.1) is 0 Å². The Morgan fingerprint density at radius 3 is 2.76 bits per heavy atom. The SMILES string of the molecule is CC(C)S(=O)(=O)N1CC[C@@H]([C@H]2c3ccccc3-c3cncn32)[C@H](O)C1. The van der Waals surface area contributed by atoms with Crippen LogP contribution in [0, 0.1) is 5.92 Å². The van der Waals surface area contributed by atoms with Crippen LogP contribution in [0.1, 0.15) is 31.9 Å². The van der Waals surface area contributed by atoms with Gasteiger partial charge in [-0.05, 0) is 25.8 Å². The maximum atomic E-state index is 12.4. The summed E-state index contributed by atoms with van der Waals surface area (Å²) in [4.78, 5) is 4.27. The number of nitrogens with zero attached hydrogens (tertiary/aromatic N) is 3. The molecule has 0 aliphatic carbocycles. The fraction of sp³-hybridized carbons (Fsp3) is 0.500. The van der Waals surface area contributed by atoms with E-state index in [-0.39, 0.29) is 18.5 Å². The first-order valence-corrected chi connectivity index (χ1v) is 10.2. The molecular weight excluding hydrogens is 338 g/mol. The molecule has 1 aromatic heterocycles. The molecule has 0 radical (unpaired) electrons. The molecule has 2 aliphatic rings. The van der Waals surface area contributed by atoms with Gasteiger partial charge in [-0.2, -0.15) is 4.31 Å². The molecule has 25 heavy (non-hydrogen) atoms. The Morgan fingerprint density at radius 1 is 1.28 bits per heavy atom. The quantitative estimate of drug-likeness (QED) is 0.906. The van der Waals surface area contributed by atoms with Crippen LogP contribution in [0.15, 0.2) is 36.8 Å². The third kappa shape index (κ3) is 2.53. The number of imidazole rings is 1. The average Bonchev–Trinajstić information content (AvgIpc) is 3.16. The molecule has 1 aromatic carbocycles. The minimum atomic E-state index is -3.34. The van der Waals surface area contributed by atoms with Gasteiger partial charge < -0.3 is 9.67 Å². The van der Waals surface area contributed by atoms with Crippen molar-refractivity contribution < 1.29 is 13.5 Å². The second-order valence-electron chi connectivity index (χ2n) is 7.19. The number of aliphatic hydroxyl groups excluding tert-OH is 1. The summed E-state index contributed by atoms with van der Waals surface area (Å²) < 4.78 is 28.4. The van der Waals surface area contributed by atoms with Crippen molar-refractivity contribution >= 4 is 10.0 Å². The highest BCUT2D eigenvalue weighted by Gasteiger charge is 2.42. The summed E-state index contributed by atoms with van der Waals surface area (Å²) in [6, 6.07) is 8.20. The maximum Gasteiger partial charge on any atom is 0.216 e. The lowest BCUT2D eigenvalue weighted by Gasteiger charge is -2.39. The van der Waals surface area contributed by atoms with Gasteiger partial charge in [0, 0.05) is 24.6 Å². The van der Waals surface area contributed by atoms with Crippen LogP contribution in [0.25, 0.3) is 11.3 Å². The van der Waals surface area contributed by atoms with Gasteiger partial charge in [-0.3, -0.25) is 0 Å². The lowest BCUT2D eigenvalue weighted by atomic mass is 9.84. The van der Waals surface area contributed by atoms with Crippen LogP contribution in [-0.4, -0.2) is 51.8 Å². The van der Waals surface area contributed by atoms with Crippen molar-refractivity contribution in [3.63, 3.8) is 0 Å². The van der Waals surface area contributed by atoms with Crippen LogP contribution < -0.4 is 0 Å². The summed E-state index contributed by atoms with van der Waals surface area (Å²) in [5.41, 5.74) is 3.39. The Kier molecular flexibility index (Phi) is 3.97. The van der Waals surface area contributed by atoms with Crippen molar-refractivity contribution in [1.29, 1.82) is 0 Å². The minimum Gasteiger partial charge on any atom is -0.391 e. The van der Waals surface area contributed by atoms with Crippen LogP contribution in [0.4, 0.5) is 0 Å². The van der Waals surface area contributed by atoms with E-state index in [0.717, 1.165) is 11.3 Å². The predicted molar refractivity (Wildman–Crippen MR) is 95.5 cm³/mol. The van der Waals surface area contributed by atoms with E-state index in [1.807, 2.05) is 24.7 Å². The molecule has 0 bridgehead atoms. The summed E-state index contributed by atoms with van der Waals surface area (Å²) in [5.74, 6) is -0.0322. The first-order valence-electron chi connectivity index (χ1n) is 8.69. The zero-order chi connectivity index (χ0) is 17.8. The van der Waals surface area contributed by atoms with E-state index in [1.165, 1.54) is 9.87 Å². The second-order valence-corrected chi connectivity index (χ2v) is 9.68. The van der Waals surface area contributed by atoms with Crippen LogP contribution in [-0.2, 0) is 10.0 Å². The fourth-order valence-corrected chi connectivity index (χ4v) is 5.44. The van der Waals surface area contributed by atoms with Crippen molar-refractivity contribution in [2.75, 3.05) is 13.1 Å². The Bertz CT molecular complexity index is 890. The molecule has 2 aromatic rings. The molecule has 0 unspecified atom stereocenters. The van der Waals surface area contributed by atoms with Crippen molar-refractivity contribution in [3.05, 3.63) is 42.4 Å². The molecule has 6 nitrogen and oxygen atoms in total. The molecule has 3 heterocycles. The summed E-state index contributed by atoms with van der Waals surface area (Å²) in [6.45, 7) is 3.97. The van der Waals surface area contributed by atoms with E-state index in [9.17, 15) is 13.5 Å². The standard InChI is InChI=1S/C18H23N3O3S/c1-12(2)25(23,24)20-8-7-15(17(22)10-20)18-14-6-4-3-5-13(14)16-9-19-11-21(16)18/h3-6,9,11-12,15,17-18,22H,7-8,10H2,1-2H3/t15-,17-,18-/m1/s1. The number of sulfonamides is 1. The van der Waals surface area contributed by atoms with Crippen LogP contribution in [0.5, 0.6) is 0 Å². The van der Waals surface area contributed by atoms with Crippen molar-refractivity contribution in [2.45, 2.75) is 37.7 Å². The third-order valence-corrected chi connectivity index (χ3v) is 7.72. The number of hydrogen-bond donors (Lipinski definition) is 1. The van der Waals surface area contributed by atoms with E-state index in [1.54, 1.807) is 13.8 Å². The molecule has 134 valence electrons. The highest BCUT2D eigenvalue weighted by atomic mass is 32.2. The summed E-state index contributed by atoms with van der Waals surface area (Å²) in [5, 5.41) is 10.3. The van der Waals surface area contributed by atoms with Crippen molar-refractivity contribution in [1.82, 2.24) is 13.9 Å². The van der Waals surface area contributed by atoms with Gasteiger partial charge in [0.1, 0.15) is 0 Å². The molecule has 1 saturated heterocycles. The lowest BCUT2D eigenvalue weighted by Crippen LogP contribution is -2.50. The Hall–Kier alpha value is -1.70. The average molecular weight is 361 g/mol. The van der Waals surface area contributed by atoms with E-state index in [2.05, 4.69) is 21.7 Å². The number of aliphatic hydroxyl groups is 1. The van der Waals surface area contributed by atoms with Gasteiger partial charge in [-0.25, -0.2) is 13.4 Å². The molecule has 0 amide bonds. The van der Waals surface area contributed by atoms with Gasteiger partial charge in [0.15, 0.2) is 0 Å². The second kappa shape index (κ2) is 5.93. The van der Waals surface area contributed by atoms with Gasteiger partial charge in [0.2, 0.25) is 10.0 Å². The van der Waals surface area contributed by atoms with E-state index in [4.69, 9.17) is 0 Å².